The summed E-state index contributed by atoms with van der Waals surface area (Å²) >= 11 is 1.47. The second kappa shape index (κ2) is 7.78. The van der Waals surface area contributed by atoms with Crippen molar-refractivity contribution in [2.24, 2.45) is 0 Å². The number of amides is 2. The Morgan fingerprint density at radius 2 is 1.86 bits per heavy atom. The molecule has 0 unspecified atom stereocenters. The minimum Gasteiger partial charge on any atom is -0.457 e. The molecule has 0 atom stereocenters. The van der Waals surface area contributed by atoms with Gasteiger partial charge in [0.15, 0.2) is 0 Å². The number of hydrogen-bond acceptors (Lipinski definition) is 4. The molecule has 0 bridgehead atoms. The molecule has 2 N–H and O–H groups in total. The van der Waals surface area contributed by atoms with Crippen LogP contribution < -0.4 is 15.4 Å². The fourth-order valence-electron chi connectivity index (χ4n) is 2.85. The average molecular weight is 390 g/mol. The molecule has 140 valence electrons. The molecule has 1 heterocycles. The number of nitrogens with one attached hydrogen (secondary N) is 2. The molecule has 1 aliphatic heterocycles. The number of aryl methyl sites for hydroxylation is 1. The van der Waals surface area contributed by atoms with E-state index in [1.165, 1.54) is 11.8 Å². The van der Waals surface area contributed by atoms with Crippen LogP contribution in [-0.2, 0) is 4.79 Å². The maximum atomic E-state index is 12.5. The van der Waals surface area contributed by atoms with Crippen molar-refractivity contribution in [1.82, 2.24) is 0 Å². The van der Waals surface area contributed by atoms with E-state index in [1.54, 1.807) is 24.3 Å². The fourth-order valence-corrected chi connectivity index (χ4v) is 3.64. The predicted octanol–water partition coefficient (Wildman–Crippen LogP) is 5.08. The van der Waals surface area contributed by atoms with Crippen molar-refractivity contribution in [2.45, 2.75) is 11.8 Å². The predicted molar refractivity (Wildman–Crippen MR) is 111 cm³/mol. The third-order valence-electron chi connectivity index (χ3n) is 4.21. The summed E-state index contributed by atoms with van der Waals surface area (Å²) in [5.41, 5.74) is 2.95. The Morgan fingerprint density at radius 1 is 1.04 bits per heavy atom. The number of rotatable bonds is 4. The number of hydrogen-bond donors (Lipinski definition) is 2. The van der Waals surface area contributed by atoms with E-state index in [4.69, 9.17) is 4.74 Å². The molecule has 0 radical (unpaired) electrons. The summed E-state index contributed by atoms with van der Waals surface area (Å²) in [6.07, 6.45) is 0. The molecule has 0 aliphatic carbocycles. The highest BCUT2D eigenvalue weighted by Crippen LogP contribution is 2.32. The van der Waals surface area contributed by atoms with Crippen LogP contribution >= 0.6 is 11.8 Å². The van der Waals surface area contributed by atoms with Gasteiger partial charge in [-0.25, -0.2) is 0 Å². The Kier molecular flexibility index (Phi) is 5.04. The average Bonchev–Trinajstić information content (AvgIpc) is 2.69. The molecule has 1 aliphatic rings. The summed E-state index contributed by atoms with van der Waals surface area (Å²) in [4.78, 5) is 25.0. The first-order valence-electron chi connectivity index (χ1n) is 8.79. The van der Waals surface area contributed by atoms with Gasteiger partial charge in [0, 0.05) is 16.1 Å². The zero-order valence-corrected chi connectivity index (χ0v) is 16.0. The molecule has 0 spiro atoms. The van der Waals surface area contributed by atoms with Gasteiger partial charge in [0.05, 0.1) is 11.4 Å². The normalized spacial score (nSPS) is 12.7. The number of anilines is 2. The van der Waals surface area contributed by atoms with Gasteiger partial charge in [0.1, 0.15) is 11.5 Å². The Labute approximate surface area is 167 Å². The highest BCUT2D eigenvalue weighted by Gasteiger charge is 2.17. The van der Waals surface area contributed by atoms with Crippen LogP contribution in [-0.4, -0.2) is 17.6 Å². The van der Waals surface area contributed by atoms with Gasteiger partial charge in [-0.15, -0.1) is 11.8 Å². The van der Waals surface area contributed by atoms with Crippen molar-refractivity contribution in [3.63, 3.8) is 0 Å². The van der Waals surface area contributed by atoms with Gasteiger partial charge in [-0.3, -0.25) is 9.59 Å². The molecule has 4 rings (SSSR count). The molecule has 28 heavy (non-hydrogen) atoms. The van der Waals surface area contributed by atoms with Crippen molar-refractivity contribution in [2.75, 3.05) is 16.4 Å². The van der Waals surface area contributed by atoms with Crippen molar-refractivity contribution in [3.8, 4) is 11.5 Å². The van der Waals surface area contributed by atoms with Crippen LogP contribution in [0, 0.1) is 6.92 Å². The molecular weight excluding hydrogens is 372 g/mol. The molecule has 5 nitrogen and oxygen atoms in total. The second-order valence-electron chi connectivity index (χ2n) is 6.44. The fraction of sp³-hybridized carbons (Fsp3) is 0.0909. The highest BCUT2D eigenvalue weighted by atomic mass is 32.2. The Hall–Kier alpha value is -3.25. The molecule has 0 saturated carbocycles. The summed E-state index contributed by atoms with van der Waals surface area (Å²) < 4.78 is 5.82. The van der Waals surface area contributed by atoms with Crippen LogP contribution in [0.1, 0.15) is 15.9 Å². The van der Waals surface area contributed by atoms with E-state index in [9.17, 15) is 9.59 Å². The van der Waals surface area contributed by atoms with Gasteiger partial charge >= 0.3 is 0 Å². The maximum absolute atomic E-state index is 12.5. The molecule has 0 fully saturated rings. The van der Waals surface area contributed by atoms with Crippen molar-refractivity contribution < 1.29 is 14.3 Å². The lowest BCUT2D eigenvalue weighted by atomic mass is 10.1. The SMILES string of the molecule is Cc1cccc(Oc2ccc(NC(=O)c3ccc4c(c3)NC(=O)CS4)cc2)c1. The third kappa shape index (κ3) is 4.18. The van der Waals surface area contributed by atoms with E-state index in [-0.39, 0.29) is 11.8 Å². The van der Waals surface area contributed by atoms with E-state index in [0.29, 0.717) is 28.4 Å². The van der Waals surface area contributed by atoms with Crippen LogP contribution in [0.2, 0.25) is 0 Å². The van der Waals surface area contributed by atoms with Gasteiger partial charge in [0.25, 0.3) is 5.91 Å². The van der Waals surface area contributed by atoms with Gasteiger partial charge in [0.2, 0.25) is 5.91 Å². The van der Waals surface area contributed by atoms with Crippen LogP contribution in [0.25, 0.3) is 0 Å². The standard InChI is InChI=1S/C22H18N2O3S/c1-14-3-2-4-18(11-14)27-17-8-6-16(7-9-17)23-22(26)15-5-10-20-19(12-15)24-21(25)13-28-20/h2-12H,13H2,1H3,(H,23,26)(H,24,25). The number of thioether (sulfide) groups is 1. The largest absolute Gasteiger partial charge is 0.457 e. The molecule has 0 aromatic heterocycles. The summed E-state index contributed by atoms with van der Waals surface area (Å²) in [5.74, 6) is 1.57. The van der Waals surface area contributed by atoms with E-state index < -0.39 is 0 Å². The first kappa shape index (κ1) is 18.1. The Morgan fingerprint density at radius 3 is 2.64 bits per heavy atom. The van der Waals surface area contributed by atoms with Crippen LogP contribution in [0.5, 0.6) is 11.5 Å². The summed E-state index contributed by atoms with van der Waals surface area (Å²) in [6.45, 7) is 2.01. The monoisotopic (exact) mass is 390 g/mol. The minimum absolute atomic E-state index is 0.0562. The van der Waals surface area contributed by atoms with Gasteiger partial charge in [-0.05, 0) is 67.1 Å². The van der Waals surface area contributed by atoms with Gasteiger partial charge in [-0.2, -0.15) is 0 Å². The minimum atomic E-state index is -0.236. The molecule has 3 aromatic carbocycles. The lowest BCUT2D eigenvalue weighted by molar-refractivity contribution is -0.113. The quantitative estimate of drug-likeness (QED) is 0.652. The van der Waals surface area contributed by atoms with Gasteiger partial charge < -0.3 is 15.4 Å². The first-order chi connectivity index (χ1) is 13.6. The zero-order valence-electron chi connectivity index (χ0n) is 15.2. The molecule has 2 amide bonds. The lowest BCUT2D eigenvalue weighted by Gasteiger charge is -2.17. The van der Waals surface area contributed by atoms with E-state index in [2.05, 4.69) is 10.6 Å². The summed E-state index contributed by atoms with van der Waals surface area (Å²) in [5, 5.41) is 5.66. The number of carbonyl (C=O) groups excluding carboxylic acids is 2. The smallest absolute Gasteiger partial charge is 0.255 e. The molecular formula is C22H18N2O3S. The first-order valence-corrected chi connectivity index (χ1v) is 9.78. The third-order valence-corrected chi connectivity index (χ3v) is 5.29. The van der Waals surface area contributed by atoms with E-state index in [1.807, 2.05) is 49.4 Å². The van der Waals surface area contributed by atoms with Crippen molar-refractivity contribution >= 4 is 35.0 Å². The zero-order chi connectivity index (χ0) is 19.5. The van der Waals surface area contributed by atoms with Gasteiger partial charge in [-0.1, -0.05) is 12.1 Å². The molecule has 3 aromatic rings. The summed E-state index contributed by atoms with van der Waals surface area (Å²) in [6, 6.07) is 20.3. The topological polar surface area (TPSA) is 67.4 Å². The Bertz CT molecular complexity index is 1050. The van der Waals surface area contributed by atoms with Crippen molar-refractivity contribution in [1.29, 1.82) is 0 Å². The highest BCUT2D eigenvalue weighted by molar-refractivity contribution is 8.00. The van der Waals surface area contributed by atoms with Crippen LogP contribution in [0.3, 0.4) is 0 Å². The number of benzene rings is 3. The van der Waals surface area contributed by atoms with Crippen LogP contribution in [0.4, 0.5) is 11.4 Å². The second-order valence-corrected chi connectivity index (χ2v) is 7.46. The summed E-state index contributed by atoms with van der Waals surface area (Å²) in [7, 11) is 0. The molecule has 6 heteroatoms. The Balaban J connectivity index is 1.43. The lowest BCUT2D eigenvalue weighted by Crippen LogP contribution is -2.19. The van der Waals surface area contributed by atoms with E-state index in [0.717, 1.165) is 16.2 Å². The maximum Gasteiger partial charge on any atom is 0.255 e. The van der Waals surface area contributed by atoms with E-state index >= 15 is 0 Å². The number of ether oxygens (including phenoxy) is 1. The number of fused-ring (bicyclic) bond motifs is 1. The molecule has 0 saturated heterocycles. The number of carbonyl (C=O) groups is 2. The van der Waals surface area contributed by atoms with Crippen LogP contribution in [0.15, 0.2) is 71.6 Å². The van der Waals surface area contributed by atoms with Crippen molar-refractivity contribution in [3.05, 3.63) is 77.9 Å².